The molecule has 3 heterocycles. The van der Waals surface area contributed by atoms with Gasteiger partial charge >= 0.3 is 6.18 Å². The van der Waals surface area contributed by atoms with Gasteiger partial charge in [0.05, 0.1) is 17.5 Å². The largest absolute Gasteiger partial charge is 0.417 e. The predicted octanol–water partition coefficient (Wildman–Crippen LogP) is 4.91. The number of hydrogen-bond donors (Lipinski definition) is 1. The minimum absolute atomic E-state index is 0.242. The highest BCUT2D eigenvalue weighted by atomic mass is 35.5. The predicted molar refractivity (Wildman–Crippen MR) is 135 cm³/mol. The average Bonchev–Trinajstić information content (AvgIpc) is 3.58. The van der Waals surface area contributed by atoms with Crippen molar-refractivity contribution in [2.45, 2.75) is 43.8 Å². The molecule has 1 aliphatic heterocycles. The lowest BCUT2D eigenvalue weighted by molar-refractivity contribution is -0.137. The molecular weight excluding hydrogens is 505 g/mol. The quantitative estimate of drug-likeness (QED) is 0.412. The van der Waals surface area contributed by atoms with Crippen molar-refractivity contribution in [3.8, 4) is 0 Å². The Balaban J connectivity index is 1.08. The van der Waals surface area contributed by atoms with E-state index in [-0.39, 0.29) is 5.41 Å². The van der Waals surface area contributed by atoms with Crippen LogP contribution in [0.1, 0.15) is 48.5 Å². The molecular formula is C26H30ClF3N6O. The van der Waals surface area contributed by atoms with E-state index in [0.717, 1.165) is 88.6 Å². The van der Waals surface area contributed by atoms with Crippen LogP contribution in [-0.2, 0) is 18.1 Å². The van der Waals surface area contributed by atoms with E-state index in [1.807, 2.05) is 23.1 Å². The molecule has 2 fully saturated rings. The number of nitrogens with one attached hydrogen (secondary N) is 1. The summed E-state index contributed by atoms with van der Waals surface area (Å²) in [7, 11) is 0. The molecule has 1 saturated carbocycles. The van der Waals surface area contributed by atoms with Crippen LogP contribution in [-0.4, -0.2) is 59.3 Å². The Kier molecular flexibility index (Phi) is 7.69. The Morgan fingerprint density at radius 1 is 1.05 bits per heavy atom. The first-order valence-corrected chi connectivity index (χ1v) is 13.0. The molecule has 0 radical (unpaired) electrons. The molecule has 0 spiro atoms. The van der Waals surface area contributed by atoms with Crippen LogP contribution in [0.5, 0.6) is 0 Å². The van der Waals surface area contributed by atoms with E-state index in [1.165, 1.54) is 6.07 Å². The van der Waals surface area contributed by atoms with Crippen molar-refractivity contribution in [2.75, 3.05) is 44.2 Å². The minimum atomic E-state index is -4.37. The Morgan fingerprint density at radius 3 is 2.51 bits per heavy atom. The molecule has 0 amide bonds. The first kappa shape index (κ1) is 25.9. The zero-order valence-electron chi connectivity index (χ0n) is 20.5. The highest BCUT2D eigenvalue weighted by Crippen LogP contribution is 2.45. The maximum Gasteiger partial charge on any atom is 0.417 e. The lowest BCUT2D eigenvalue weighted by Gasteiger charge is -2.35. The van der Waals surface area contributed by atoms with Gasteiger partial charge in [-0.3, -0.25) is 4.90 Å². The topological polar surface area (TPSA) is 70.3 Å². The number of benzene rings is 1. The first-order valence-electron chi connectivity index (χ1n) is 12.6. The van der Waals surface area contributed by atoms with Gasteiger partial charge in [0.1, 0.15) is 5.82 Å². The lowest BCUT2D eigenvalue weighted by atomic mass is 9.78. The molecule has 1 N–H and O–H groups in total. The maximum absolute atomic E-state index is 12.8. The monoisotopic (exact) mass is 534 g/mol. The van der Waals surface area contributed by atoms with E-state index < -0.39 is 11.7 Å². The normalized spacial score (nSPS) is 18.4. The fourth-order valence-electron chi connectivity index (χ4n) is 5.30. The second kappa shape index (κ2) is 11.0. The number of halogens is 4. The molecule has 198 valence electrons. The summed E-state index contributed by atoms with van der Waals surface area (Å²) in [6.45, 7) is 5.17. The molecule has 2 aliphatic rings. The van der Waals surface area contributed by atoms with Crippen molar-refractivity contribution >= 4 is 17.4 Å². The molecule has 2 aromatic heterocycles. The molecule has 11 heteroatoms. The first-order chi connectivity index (χ1) is 17.8. The Labute approximate surface area is 219 Å². The molecule has 37 heavy (non-hydrogen) atoms. The molecule has 1 aromatic carbocycles. The summed E-state index contributed by atoms with van der Waals surface area (Å²) < 4.78 is 43.9. The molecule has 1 aliphatic carbocycles. The van der Waals surface area contributed by atoms with Crippen LogP contribution in [0.3, 0.4) is 0 Å². The molecule has 5 rings (SSSR count). The van der Waals surface area contributed by atoms with Crippen LogP contribution in [0, 0.1) is 0 Å². The molecule has 1 saturated heterocycles. The van der Waals surface area contributed by atoms with E-state index in [2.05, 4.69) is 26.4 Å². The van der Waals surface area contributed by atoms with E-state index in [0.29, 0.717) is 23.3 Å². The van der Waals surface area contributed by atoms with Crippen molar-refractivity contribution in [2.24, 2.45) is 0 Å². The van der Waals surface area contributed by atoms with Gasteiger partial charge in [0.15, 0.2) is 5.82 Å². The summed E-state index contributed by atoms with van der Waals surface area (Å²) in [4.78, 5) is 13.1. The van der Waals surface area contributed by atoms with Crippen LogP contribution in [0.2, 0.25) is 5.02 Å². The van der Waals surface area contributed by atoms with Gasteiger partial charge < -0.3 is 14.7 Å². The van der Waals surface area contributed by atoms with Crippen molar-refractivity contribution < 1.29 is 17.7 Å². The highest BCUT2D eigenvalue weighted by molar-refractivity contribution is 6.30. The third-order valence-electron chi connectivity index (χ3n) is 7.38. The summed E-state index contributed by atoms with van der Waals surface area (Å²) in [5, 5.41) is 8.45. The van der Waals surface area contributed by atoms with Gasteiger partial charge in [0.2, 0.25) is 5.89 Å². The van der Waals surface area contributed by atoms with Crippen molar-refractivity contribution in [3.05, 3.63) is 70.5 Å². The molecule has 7 nitrogen and oxygen atoms in total. The lowest BCUT2D eigenvalue weighted by Crippen LogP contribution is -2.48. The standard InChI is InChI=1S/C26H30ClF3N6O/c27-21-5-3-4-19(16-21)25(8-1-2-9-25)24-33-23(37-34-24)18-31-10-11-35-12-14-36(15-13-35)22-7-6-20(17-32-22)26(28,29)30/h3-7,16-17,31H,1-2,8-15,18H2. The number of nitrogens with zero attached hydrogens (tertiary/aromatic N) is 5. The van der Waals surface area contributed by atoms with Gasteiger partial charge in [-0.15, -0.1) is 0 Å². The van der Waals surface area contributed by atoms with Gasteiger partial charge in [-0.25, -0.2) is 4.98 Å². The van der Waals surface area contributed by atoms with E-state index >= 15 is 0 Å². The summed E-state index contributed by atoms with van der Waals surface area (Å²) in [6, 6.07) is 10.5. The third-order valence-corrected chi connectivity index (χ3v) is 7.62. The van der Waals surface area contributed by atoms with E-state index in [9.17, 15) is 13.2 Å². The van der Waals surface area contributed by atoms with Gasteiger partial charge in [-0.2, -0.15) is 18.2 Å². The zero-order chi connectivity index (χ0) is 25.9. The number of alkyl halides is 3. The molecule has 0 bridgehead atoms. The minimum Gasteiger partial charge on any atom is -0.354 e. The summed E-state index contributed by atoms with van der Waals surface area (Å²) in [5.74, 6) is 1.88. The summed E-state index contributed by atoms with van der Waals surface area (Å²) in [6.07, 6.45) is 0.737. The number of hydrogen-bond acceptors (Lipinski definition) is 7. The summed E-state index contributed by atoms with van der Waals surface area (Å²) >= 11 is 6.26. The van der Waals surface area contributed by atoms with E-state index in [4.69, 9.17) is 21.1 Å². The second-order valence-electron chi connectivity index (χ2n) is 9.72. The van der Waals surface area contributed by atoms with Crippen LogP contribution < -0.4 is 10.2 Å². The second-order valence-corrected chi connectivity index (χ2v) is 10.2. The molecule has 3 aromatic rings. The third kappa shape index (κ3) is 5.91. The molecule has 0 atom stereocenters. The maximum atomic E-state index is 12.8. The zero-order valence-corrected chi connectivity index (χ0v) is 21.2. The highest BCUT2D eigenvalue weighted by Gasteiger charge is 2.41. The number of piperazine rings is 1. The molecule has 0 unspecified atom stereocenters. The Morgan fingerprint density at radius 2 is 1.84 bits per heavy atom. The number of aromatic nitrogens is 3. The van der Waals surface area contributed by atoms with Crippen LogP contribution >= 0.6 is 11.6 Å². The summed E-state index contributed by atoms with van der Waals surface area (Å²) in [5.41, 5.74) is 0.175. The van der Waals surface area contributed by atoms with Gasteiger partial charge in [0.25, 0.3) is 0 Å². The van der Waals surface area contributed by atoms with Crippen LogP contribution in [0.4, 0.5) is 19.0 Å². The number of anilines is 1. The van der Waals surface area contributed by atoms with Crippen molar-refractivity contribution in [1.82, 2.24) is 25.3 Å². The Hall–Kier alpha value is -2.69. The van der Waals surface area contributed by atoms with Crippen LogP contribution in [0.25, 0.3) is 0 Å². The van der Waals surface area contributed by atoms with Gasteiger partial charge in [-0.05, 0) is 42.7 Å². The van der Waals surface area contributed by atoms with E-state index in [1.54, 1.807) is 0 Å². The van der Waals surface area contributed by atoms with Crippen molar-refractivity contribution in [3.63, 3.8) is 0 Å². The van der Waals surface area contributed by atoms with Crippen LogP contribution in [0.15, 0.2) is 47.1 Å². The average molecular weight is 535 g/mol. The van der Waals surface area contributed by atoms with Gasteiger partial charge in [-0.1, -0.05) is 41.7 Å². The number of pyridine rings is 1. The van der Waals surface area contributed by atoms with Crippen molar-refractivity contribution in [1.29, 1.82) is 0 Å². The van der Waals surface area contributed by atoms with Gasteiger partial charge in [0, 0.05) is 50.5 Å². The fraction of sp³-hybridized carbons (Fsp3) is 0.500. The fourth-order valence-corrected chi connectivity index (χ4v) is 5.49. The Bertz CT molecular complexity index is 1170. The number of rotatable bonds is 8. The SMILES string of the molecule is FC(F)(F)c1ccc(N2CCN(CCNCc3nc(C4(c5cccc(Cl)c5)CCCC4)no3)CC2)nc1. The smallest absolute Gasteiger partial charge is 0.354 e.